The van der Waals surface area contributed by atoms with Gasteiger partial charge in [0.2, 0.25) is 0 Å². The number of nitrogens with one attached hydrogen (secondary N) is 2. The molecule has 2 N–H and O–H groups in total. The van der Waals surface area contributed by atoms with Gasteiger partial charge in [0.1, 0.15) is 12.4 Å². The Bertz CT molecular complexity index is 925. The van der Waals surface area contributed by atoms with Gasteiger partial charge in [-0.15, -0.1) is 32.9 Å². The third-order valence-electron chi connectivity index (χ3n) is 5.49. The van der Waals surface area contributed by atoms with Crippen LogP contribution in [0.5, 0.6) is 0 Å². The highest BCUT2D eigenvalue weighted by Crippen LogP contribution is 2.27. The Balaban J connectivity index is 1.46. The topological polar surface area (TPSA) is 70.4 Å². The highest BCUT2D eigenvalue weighted by molar-refractivity contribution is 7.10. The van der Waals surface area contributed by atoms with Crippen molar-refractivity contribution < 1.29 is 0 Å². The van der Waals surface area contributed by atoms with Crippen molar-refractivity contribution in [3.05, 3.63) is 56.4 Å². The van der Waals surface area contributed by atoms with Crippen LogP contribution in [-0.4, -0.2) is 45.3 Å². The number of aryl methyl sites for hydroxylation is 1. The third kappa shape index (κ3) is 5.27. The summed E-state index contributed by atoms with van der Waals surface area (Å²) in [7, 11) is 1.98. The molecule has 0 spiro atoms. The first-order valence-electron chi connectivity index (χ1n) is 10.4. The van der Waals surface area contributed by atoms with Crippen LogP contribution in [0.4, 0.5) is 0 Å². The van der Waals surface area contributed by atoms with E-state index in [-0.39, 0.29) is 0 Å². The summed E-state index contributed by atoms with van der Waals surface area (Å²) in [5.41, 5.74) is 0. The van der Waals surface area contributed by atoms with Gasteiger partial charge < -0.3 is 15.2 Å². The molecule has 1 aliphatic rings. The van der Waals surface area contributed by atoms with Crippen LogP contribution in [0.3, 0.4) is 0 Å². The minimum atomic E-state index is 0.373. The highest BCUT2D eigenvalue weighted by Gasteiger charge is 2.24. The molecule has 0 saturated carbocycles. The zero-order chi connectivity index (χ0) is 20.8. The van der Waals surface area contributed by atoms with Crippen molar-refractivity contribution in [3.8, 4) is 0 Å². The number of aromatic nitrogens is 3. The number of likely N-dealkylation sites (tertiary alicyclic amines) is 1. The summed E-state index contributed by atoms with van der Waals surface area (Å²) in [6.45, 7) is 6.36. The molecule has 7 nitrogen and oxygen atoms in total. The molecule has 3 aromatic heterocycles. The molecule has 0 amide bonds. The van der Waals surface area contributed by atoms with Crippen LogP contribution < -0.4 is 10.6 Å². The van der Waals surface area contributed by atoms with Crippen LogP contribution in [0.2, 0.25) is 0 Å². The fourth-order valence-corrected chi connectivity index (χ4v) is 5.14. The van der Waals surface area contributed by atoms with Crippen LogP contribution in [0.25, 0.3) is 0 Å². The number of aliphatic imine (C=N–C) groups is 1. The van der Waals surface area contributed by atoms with Crippen LogP contribution in [-0.2, 0) is 20.1 Å². The molecule has 4 rings (SSSR count). The molecule has 3 aromatic rings. The minimum Gasteiger partial charge on any atom is -0.354 e. The maximum absolute atomic E-state index is 4.81. The lowest BCUT2D eigenvalue weighted by atomic mass is 10.2. The van der Waals surface area contributed by atoms with Gasteiger partial charge >= 0.3 is 0 Å². The first-order valence-corrected chi connectivity index (χ1v) is 12.1. The monoisotopic (exact) mass is 443 g/mol. The Hall–Kier alpha value is -2.23. The Morgan fingerprint density at radius 2 is 1.93 bits per heavy atom. The van der Waals surface area contributed by atoms with Gasteiger partial charge in [-0.25, -0.2) is 4.99 Å². The lowest BCUT2D eigenvalue weighted by Gasteiger charge is -2.27. The maximum Gasteiger partial charge on any atom is 0.192 e. The van der Waals surface area contributed by atoms with Crippen molar-refractivity contribution in [2.45, 2.75) is 38.9 Å². The van der Waals surface area contributed by atoms with Crippen molar-refractivity contribution in [2.24, 2.45) is 12.0 Å². The van der Waals surface area contributed by atoms with Crippen LogP contribution in [0, 0.1) is 6.92 Å². The average molecular weight is 444 g/mol. The Morgan fingerprint density at radius 3 is 2.60 bits per heavy atom. The molecule has 1 saturated heterocycles. The molecular formula is C21H29N7S2. The first kappa shape index (κ1) is 21.0. The summed E-state index contributed by atoms with van der Waals surface area (Å²) in [6, 6.07) is 8.98. The lowest BCUT2D eigenvalue weighted by Crippen LogP contribution is -2.42. The van der Waals surface area contributed by atoms with E-state index in [0.29, 0.717) is 12.6 Å². The second kappa shape index (κ2) is 10.2. The zero-order valence-corrected chi connectivity index (χ0v) is 19.2. The molecule has 0 aliphatic carbocycles. The molecule has 1 atom stereocenters. The molecule has 0 aromatic carbocycles. The van der Waals surface area contributed by atoms with Crippen LogP contribution in [0.15, 0.2) is 40.0 Å². The number of thiophene rings is 2. The van der Waals surface area contributed by atoms with Crippen LogP contribution >= 0.6 is 22.7 Å². The first-order chi connectivity index (χ1) is 14.7. The van der Waals surface area contributed by atoms with Gasteiger partial charge in [-0.1, -0.05) is 12.1 Å². The van der Waals surface area contributed by atoms with Gasteiger partial charge in [-0.05, 0) is 55.7 Å². The zero-order valence-electron chi connectivity index (χ0n) is 17.5. The van der Waals surface area contributed by atoms with E-state index < -0.39 is 0 Å². The number of rotatable bonds is 8. The fourth-order valence-electron chi connectivity index (χ4n) is 3.63. The summed E-state index contributed by atoms with van der Waals surface area (Å²) >= 11 is 3.58. The smallest absolute Gasteiger partial charge is 0.192 e. The number of hydrogen-bond acceptors (Lipinski definition) is 6. The summed E-state index contributed by atoms with van der Waals surface area (Å²) < 4.78 is 1.99. The van der Waals surface area contributed by atoms with E-state index >= 15 is 0 Å². The van der Waals surface area contributed by atoms with E-state index in [1.807, 2.05) is 29.9 Å². The van der Waals surface area contributed by atoms with Crippen molar-refractivity contribution in [3.63, 3.8) is 0 Å². The average Bonchev–Trinajstić information content (AvgIpc) is 3.55. The molecule has 0 bridgehead atoms. The van der Waals surface area contributed by atoms with Gasteiger partial charge in [0.15, 0.2) is 11.8 Å². The predicted molar refractivity (Wildman–Crippen MR) is 124 cm³/mol. The van der Waals surface area contributed by atoms with E-state index in [4.69, 9.17) is 4.99 Å². The van der Waals surface area contributed by atoms with Gasteiger partial charge in [-0.3, -0.25) is 4.90 Å². The Morgan fingerprint density at radius 1 is 1.13 bits per heavy atom. The molecule has 4 heterocycles. The van der Waals surface area contributed by atoms with Crippen molar-refractivity contribution in [2.75, 3.05) is 19.6 Å². The van der Waals surface area contributed by atoms with Gasteiger partial charge in [0.05, 0.1) is 12.6 Å². The SMILES string of the molecule is Cc1nnc(CN=C(NCc2cccs2)NCC(c2cccs2)N2CCCC2)n1C. The Labute approximate surface area is 185 Å². The van der Waals surface area contributed by atoms with Crippen molar-refractivity contribution >= 4 is 28.6 Å². The molecule has 160 valence electrons. The summed E-state index contributed by atoms with van der Waals surface area (Å²) in [6.07, 6.45) is 2.57. The van der Waals surface area contributed by atoms with Gasteiger partial charge in [0.25, 0.3) is 0 Å². The van der Waals surface area contributed by atoms with E-state index in [2.05, 4.69) is 60.8 Å². The standard InChI is InChI=1S/C21H29N7S2/c1-16-25-26-20(27(16)2)15-24-21(22-13-17-7-5-11-29-17)23-14-18(19-8-6-12-30-19)28-9-3-4-10-28/h5-8,11-12,18H,3-4,9-10,13-15H2,1-2H3,(H2,22,23,24). The lowest BCUT2D eigenvalue weighted by molar-refractivity contribution is 0.249. The van der Waals surface area contributed by atoms with Crippen molar-refractivity contribution in [1.82, 2.24) is 30.3 Å². The van der Waals surface area contributed by atoms with Crippen LogP contribution in [0.1, 0.15) is 40.3 Å². The molecule has 9 heteroatoms. The third-order valence-corrected chi connectivity index (χ3v) is 7.34. The van der Waals surface area contributed by atoms with Gasteiger partial charge in [0, 0.05) is 23.3 Å². The van der Waals surface area contributed by atoms with Gasteiger partial charge in [-0.2, -0.15) is 0 Å². The predicted octanol–water partition coefficient (Wildman–Crippen LogP) is 3.32. The highest BCUT2D eigenvalue weighted by atomic mass is 32.1. The quantitative estimate of drug-likeness (QED) is 0.413. The number of guanidine groups is 1. The molecule has 1 aliphatic heterocycles. The Kier molecular flexibility index (Phi) is 7.14. The number of hydrogen-bond donors (Lipinski definition) is 2. The largest absolute Gasteiger partial charge is 0.354 e. The number of nitrogens with zero attached hydrogens (tertiary/aromatic N) is 5. The second-order valence-electron chi connectivity index (χ2n) is 7.48. The fraction of sp³-hybridized carbons (Fsp3) is 0.476. The second-order valence-corrected chi connectivity index (χ2v) is 9.49. The van der Waals surface area contributed by atoms with E-state index in [1.54, 1.807) is 11.3 Å². The molecule has 30 heavy (non-hydrogen) atoms. The normalized spacial score (nSPS) is 16.1. The minimum absolute atomic E-state index is 0.373. The summed E-state index contributed by atoms with van der Waals surface area (Å²) in [4.78, 5) is 10.1. The molecule has 0 radical (unpaired) electrons. The molecule has 1 unspecified atom stereocenters. The van der Waals surface area contributed by atoms with E-state index in [9.17, 15) is 0 Å². The van der Waals surface area contributed by atoms with E-state index in [0.717, 1.165) is 43.8 Å². The maximum atomic E-state index is 4.81. The molecular weight excluding hydrogens is 414 g/mol. The summed E-state index contributed by atoms with van der Waals surface area (Å²) in [5.74, 6) is 2.57. The van der Waals surface area contributed by atoms with E-state index in [1.165, 1.54) is 22.6 Å². The summed E-state index contributed by atoms with van der Waals surface area (Å²) in [5, 5.41) is 19.7. The van der Waals surface area contributed by atoms with Crippen molar-refractivity contribution in [1.29, 1.82) is 0 Å². The molecule has 1 fully saturated rings.